The Morgan fingerprint density at radius 3 is 2.54 bits per heavy atom. The summed E-state index contributed by atoms with van der Waals surface area (Å²) in [4.78, 5) is 34.6. The van der Waals surface area contributed by atoms with Crippen molar-refractivity contribution in [3.05, 3.63) is 30.3 Å². The Kier molecular flexibility index (Phi) is 4.53. The van der Waals surface area contributed by atoms with Crippen LogP contribution in [0.3, 0.4) is 0 Å². The second-order valence-electron chi connectivity index (χ2n) is 7.31. The third-order valence-corrected chi connectivity index (χ3v) is 5.32. The Bertz CT molecular complexity index is 715. The normalized spacial score (nSPS) is 25.2. The molecule has 0 aromatic heterocycles. The van der Waals surface area contributed by atoms with Crippen molar-refractivity contribution in [3.8, 4) is 0 Å². The number of benzene rings is 1. The van der Waals surface area contributed by atoms with Crippen molar-refractivity contribution < 1.29 is 14.4 Å². The van der Waals surface area contributed by atoms with Crippen LogP contribution in [0.15, 0.2) is 35.5 Å². The first-order valence-corrected chi connectivity index (χ1v) is 9.31. The number of carbonyl (C=O) groups is 2. The molecular formula is C19H24N4O3. The first kappa shape index (κ1) is 16.9. The van der Waals surface area contributed by atoms with Gasteiger partial charge in [-0.15, -0.1) is 0 Å². The average Bonchev–Trinajstić information content (AvgIpc) is 3.33. The molecule has 1 aromatic carbocycles. The molecule has 7 nitrogen and oxygen atoms in total. The van der Waals surface area contributed by atoms with E-state index < -0.39 is 5.60 Å². The molecule has 1 atom stereocenters. The molecule has 0 unspecified atom stereocenters. The molecule has 3 amide bonds. The summed E-state index contributed by atoms with van der Waals surface area (Å²) in [6.07, 6.45) is 4.27. The standard InChI is InChI=1S/C19H24N4O3/c24-17(20-15-7-2-1-3-8-15)16-13-19(26-21-16)9-6-12-23(14-19)18(25)22-10-4-5-11-22/h1-3,7-8H,4-6,9-14H2,(H,20,24)/t19-/m1/s1. The molecule has 7 heteroatoms. The summed E-state index contributed by atoms with van der Waals surface area (Å²) in [6.45, 7) is 2.91. The lowest BCUT2D eigenvalue weighted by Gasteiger charge is -2.39. The predicted molar refractivity (Wildman–Crippen MR) is 97.9 cm³/mol. The summed E-state index contributed by atoms with van der Waals surface area (Å²) in [7, 11) is 0. The number of amides is 3. The quantitative estimate of drug-likeness (QED) is 0.884. The van der Waals surface area contributed by atoms with Crippen LogP contribution in [0, 0.1) is 0 Å². The van der Waals surface area contributed by atoms with Crippen molar-refractivity contribution in [2.45, 2.75) is 37.7 Å². The van der Waals surface area contributed by atoms with Gasteiger partial charge >= 0.3 is 6.03 Å². The molecule has 0 saturated carbocycles. The van der Waals surface area contributed by atoms with E-state index in [1.54, 1.807) is 0 Å². The molecule has 1 N–H and O–H groups in total. The molecule has 3 aliphatic heterocycles. The molecule has 1 aromatic rings. The Morgan fingerprint density at radius 2 is 1.77 bits per heavy atom. The van der Waals surface area contributed by atoms with Gasteiger partial charge in [-0.25, -0.2) is 4.79 Å². The van der Waals surface area contributed by atoms with E-state index in [-0.39, 0.29) is 11.9 Å². The third kappa shape index (κ3) is 3.38. The highest BCUT2D eigenvalue weighted by molar-refractivity contribution is 6.43. The summed E-state index contributed by atoms with van der Waals surface area (Å²) in [6, 6.07) is 9.39. The smallest absolute Gasteiger partial charge is 0.320 e. The number of oxime groups is 1. The van der Waals surface area contributed by atoms with Gasteiger partial charge in [0, 0.05) is 31.7 Å². The summed E-state index contributed by atoms with van der Waals surface area (Å²) in [5.74, 6) is -0.240. The number of urea groups is 1. The highest BCUT2D eigenvalue weighted by Crippen LogP contribution is 2.34. The lowest BCUT2D eigenvalue weighted by Crippen LogP contribution is -2.53. The van der Waals surface area contributed by atoms with E-state index in [4.69, 9.17) is 4.84 Å². The van der Waals surface area contributed by atoms with E-state index >= 15 is 0 Å². The fraction of sp³-hybridized carbons (Fsp3) is 0.526. The van der Waals surface area contributed by atoms with E-state index in [1.165, 1.54) is 0 Å². The van der Waals surface area contributed by atoms with Gasteiger partial charge in [0.25, 0.3) is 5.91 Å². The number of nitrogens with one attached hydrogen (secondary N) is 1. The lowest BCUT2D eigenvalue weighted by atomic mass is 9.88. The third-order valence-electron chi connectivity index (χ3n) is 5.32. The first-order valence-electron chi connectivity index (χ1n) is 9.31. The molecular weight excluding hydrogens is 332 g/mol. The van der Waals surface area contributed by atoms with Crippen LogP contribution in [-0.4, -0.2) is 59.2 Å². The van der Waals surface area contributed by atoms with E-state index in [0.717, 1.165) is 51.0 Å². The maximum Gasteiger partial charge on any atom is 0.320 e. The zero-order valence-corrected chi connectivity index (χ0v) is 14.8. The maximum absolute atomic E-state index is 12.7. The van der Waals surface area contributed by atoms with Gasteiger partial charge < -0.3 is 20.0 Å². The van der Waals surface area contributed by atoms with Crippen LogP contribution in [0.2, 0.25) is 0 Å². The summed E-state index contributed by atoms with van der Waals surface area (Å²) < 4.78 is 0. The number of piperidine rings is 1. The zero-order valence-electron chi connectivity index (χ0n) is 14.8. The molecule has 1 spiro atoms. The lowest BCUT2D eigenvalue weighted by molar-refractivity contribution is -0.110. The number of para-hydroxylation sites is 1. The fourth-order valence-corrected chi connectivity index (χ4v) is 3.96. The van der Waals surface area contributed by atoms with E-state index in [2.05, 4.69) is 10.5 Å². The van der Waals surface area contributed by atoms with Crippen LogP contribution in [0.1, 0.15) is 32.1 Å². The maximum atomic E-state index is 12.7. The van der Waals surface area contributed by atoms with Gasteiger partial charge in [0.05, 0.1) is 6.54 Å². The number of hydrogen-bond acceptors (Lipinski definition) is 4. The predicted octanol–water partition coefficient (Wildman–Crippen LogP) is 2.45. The number of nitrogens with zero attached hydrogens (tertiary/aromatic N) is 3. The minimum absolute atomic E-state index is 0.0902. The molecule has 26 heavy (non-hydrogen) atoms. The van der Waals surface area contributed by atoms with Crippen LogP contribution >= 0.6 is 0 Å². The van der Waals surface area contributed by atoms with Gasteiger partial charge in [-0.2, -0.15) is 0 Å². The van der Waals surface area contributed by atoms with Crippen molar-refractivity contribution in [3.63, 3.8) is 0 Å². The number of hydrogen-bond donors (Lipinski definition) is 1. The fourth-order valence-electron chi connectivity index (χ4n) is 3.96. The highest BCUT2D eigenvalue weighted by atomic mass is 16.7. The summed E-state index contributed by atoms with van der Waals surface area (Å²) in [5, 5.41) is 6.90. The Balaban J connectivity index is 1.38. The summed E-state index contributed by atoms with van der Waals surface area (Å²) >= 11 is 0. The van der Waals surface area contributed by atoms with Gasteiger partial charge in [-0.1, -0.05) is 23.4 Å². The second-order valence-corrected chi connectivity index (χ2v) is 7.31. The van der Waals surface area contributed by atoms with Crippen molar-refractivity contribution in [1.82, 2.24) is 9.80 Å². The van der Waals surface area contributed by atoms with E-state index in [1.807, 2.05) is 40.1 Å². The topological polar surface area (TPSA) is 74.2 Å². The van der Waals surface area contributed by atoms with Crippen molar-refractivity contribution in [2.24, 2.45) is 5.16 Å². The van der Waals surface area contributed by atoms with Gasteiger partial charge in [0.15, 0.2) is 5.60 Å². The first-order chi connectivity index (χ1) is 12.7. The molecule has 0 aliphatic carbocycles. The number of anilines is 1. The van der Waals surface area contributed by atoms with Crippen LogP contribution < -0.4 is 5.32 Å². The van der Waals surface area contributed by atoms with Crippen molar-refractivity contribution in [1.29, 1.82) is 0 Å². The highest BCUT2D eigenvalue weighted by Gasteiger charge is 2.46. The summed E-state index contributed by atoms with van der Waals surface area (Å²) in [5.41, 5.74) is 0.566. The van der Waals surface area contributed by atoms with Crippen LogP contribution in [0.5, 0.6) is 0 Å². The van der Waals surface area contributed by atoms with Crippen molar-refractivity contribution >= 4 is 23.3 Å². The Labute approximate surface area is 153 Å². The second kappa shape index (κ2) is 6.97. The van der Waals surface area contributed by atoms with Crippen molar-refractivity contribution in [2.75, 3.05) is 31.5 Å². The van der Waals surface area contributed by atoms with Gasteiger partial charge in [0.1, 0.15) is 5.71 Å². The average molecular weight is 356 g/mol. The van der Waals surface area contributed by atoms with Gasteiger partial charge in [-0.3, -0.25) is 4.79 Å². The largest absolute Gasteiger partial charge is 0.386 e. The Hall–Kier alpha value is -2.57. The molecule has 3 heterocycles. The SMILES string of the molecule is O=C(Nc1ccccc1)C1=NO[C@]2(CCCN(C(=O)N3CCCC3)C2)C1. The van der Waals surface area contributed by atoms with Gasteiger partial charge in [0.2, 0.25) is 0 Å². The minimum Gasteiger partial charge on any atom is -0.386 e. The molecule has 0 bridgehead atoms. The number of likely N-dealkylation sites (tertiary alicyclic amines) is 2. The van der Waals surface area contributed by atoms with Gasteiger partial charge in [-0.05, 0) is 37.8 Å². The molecule has 0 radical (unpaired) electrons. The van der Waals surface area contributed by atoms with Crippen LogP contribution in [-0.2, 0) is 9.63 Å². The van der Waals surface area contributed by atoms with E-state index in [0.29, 0.717) is 18.7 Å². The monoisotopic (exact) mass is 356 g/mol. The number of rotatable bonds is 2. The van der Waals surface area contributed by atoms with Crippen LogP contribution in [0.25, 0.3) is 0 Å². The molecule has 2 fully saturated rings. The molecule has 138 valence electrons. The minimum atomic E-state index is -0.559. The zero-order chi connectivity index (χ0) is 18.0. The Morgan fingerprint density at radius 1 is 1.04 bits per heavy atom. The van der Waals surface area contributed by atoms with Crippen LogP contribution in [0.4, 0.5) is 10.5 Å². The molecule has 3 aliphatic rings. The van der Waals surface area contributed by atoms with E-state index in [9.17, 15) is 9.59 Å². The molecule has 2 saturated heterocycles. The molecule has 4 rings (SSSR count). The number of carbonyl (C=O) groups excluding carboxylic acids is 2.